The minimum absolute atomic E-state index is 0.162. The van der Waals surface area contributed by atoms with E-state index in [1.807, 2.05) is 36.4 Å². The number of phenols is 2. The Morgan fingerprint density at radius 2 is 1.10 bits per heavy atom. The number of hydrogen-bond acceptors (Lipinski definition) is 5. The Bertz CT molecular complexity index is 3890. The molecule has 13 rings (SSSR count). The quantitative estimate of drug-likeness (QED) is 0.143. The van der Waals surface area contributed by atoms with E-state index in [4.69, 9.17) is 4.42 Å². The standard InChI is InChI=1S/C68H52N2O3/c71-63-31-13-9-27-57(63)47-21-15-23-51(41-47)69(61-29-11-7-25-55(61)45-17-3-1-4-18-45)53-35-37-59-49(43-53)33-39-65-67(59)68-60-38-36-54(44-50(60)34-40-66(68)73-65)70(62-30-12-8-26-56(62)46-19-5-2-6-20-46)52-24-16-22-48(42-52)58-28-10-14-32-64(58)72/h1,3-5,7-32,34-36,38,40-44,59,71-72H,2,6,33,37,39H2. The fraction of sp³-hybridized carbons (Fsp3) is 0.0882. The molecular formula is C68H52N2O3. The fourth-order valence-corrected chi connectivity index (χ4v) is 11.6. The Morgan fingerprint density at radius 3 is 1.79 bits per heavy atom. The van der Waals surface area contributed by atoms with Crippen LogP contribution in [-0.4, -0.2) is 10.2 Å². The first-order valence-electron chi connectivity index (χ1n) is 25.4. The van der Waals surface area contributed by atoms with Gasteiger partial charge in [0.15, 0.2) is 0 Å². The van der Waals surface area contributed by atoms with Gasteiger partial charge in [-0.05, 0) is 132 Å². The predicted molar refractivity (Wildman–Crippen MR) is 301 cm³/mol. The minimum atomic E-state index is 0.162. The highest BCUT2D eigenvalue weighted by Gasteiger charge is 2.34. The number of rotatable bonds is 10. The van der Waals surface area contributed by atoms with Crippen molar-refractivity contribution in [2.24, 2.45) is 0 Å². The molecule has 3 aliphatic rings. The van der Waals surface area contributed by atoms with Crippen LogP contribution < -0.4 is 9.80 Å². The van der Waals surface area contributed by atoms with Crippen molar-refractivity contribution in [2.45, 2.75) is 38.0 Å². The number of hydrogen-bond donors (Lipinski definition) is 2. The third-order valence-electron chi connectivity index (χ3n) is 14.9. The van der Waals surface area contributed by atoms with Gasteiger partial charge in [0.1, 0.15) is 22.8 Å². The zero-order valence-corrected chi connectivity index (χ0v) is 40.3. The Balaban J connectivity index is 0.917. The number of allylic oxidation sites excluding steroid dienone is 7. The van der Waals surface area contributed by atoms with Crippen molar-refractivity contribution < 1.29 is 14.6 Å². The summed E-state index contributed by atoms with van der Waals surface area (Å²) in [5.74, 6) is 1.76. The molecule has 5 nitrogen and oxygen atoms in total. The van der Waals surface area contributed by atoms with Gasteiger partial charge in [-0.1, -0.05) is 169 Å². The van der Waals surface area contributed by atoms with Crippen LogP contribution in [0.4, 0.5) is 28.4 Å². The monoisotopic (exact) mass is 944 g/mol. The third-order valence-corrected chi connectivity index (χ3v) is 14.9. The van der Waals surface area contributed by atoms with E-state index in [9.17, 15) is 10.2 Å². The zero-order chi connectivity index (χ0) is 48.8. The van der Waals surface area contributed by atoms with Crippen LogP contribution in [0.25, 0.3) is 60.7 Å². The normalized spacial score (nSPS) is 15.0. The molecule has 1 aromatic heterocycles. The van der Waals surface area contributed by atoms with Crippen LogP contribution >= 0.6 is 0 Å². The zero-order valence-electron chi connectivity index (χ0n) is 40.3. The number of aryl methyl sites for hydroxylation is 1. The summed E-state index contributed by atoms with van der Waals surface area (Å²) in [6, 6.07) is 71.4. The first kappa shape index (κ1) is 43.9. The van der Waals surface area contributed by atoms with Gasteiger partial charge in [0.25, 0.3) is 0 Å². The van der Waals surface area contributed by atoms with Crippen molar-refractivity contribution in [3.8, 4) is 44.9 Å². The lowest BCUT2D eigenvalue weighted by Crippen LogP contribution is -2.21. The van der Waals surface area contributed by atoms with Gasteiger partial charge < -0.3 is 24.4 Å². The van der Waals surface area contributed by atoms with Gasteiger partial charge in [0.05, 0.1) is 11.4 Å². The minimum Gasteiger partial charge on any atom is -0.507 e. The molecule has 0 saturated carbocycles. The summed E-state index contributed by atoms with van der Waals surface area (Å²) >= 11 is 0. The number of anilines is 5. The van der Waals surface area contributed by atoms with Gasteiger partial charge in [-0.15, -0.1) is 0 Å². The molecule has 0 bridgehead atoms. The molecule has 3 aliphatic carbocycles. The number of nitrogens with zero attached hydrogens (tertiary/aromatic N) is 2. The molecule has 73 heavy (non-hydrogen) atoms. The van der Waals surface area contributed by atoms with Crippen LogP contribution in [0.5, 0.6) is 11.5 Å². The molecule has 2 N–H and O–H groups in total. The lowest BCUT2D eigenvalue weighted by atomic mass is 9.76. The molecule has 352 valence electrons. The van der Waals surface area contributed by atoms with Crippen molar-refractivity contribution in [1.82, 2.24) is 0 Å². The van der Waals surface area contributed by atoms with E-state index >= 15 is 0 Å². The second kappa shape index (κ2) is 18.6. The van der Waals surface area contributed by atoms with Gasteiger partial charge in [0, 0.05) is 68.3 Å². The smallest absolute Gasteiger partial charge is 0.135 e. The third kappa shape index (κ3) is 8.00. The van der Waals surface area contributed by atoms with Gasteiger partial charge >= 0.3 is 0 Å². The summed E-state index contributed by atoms with van der Waals surface area (Å²) in [6.45, 7) is 0. The van der Waals surface area contributed by atoms with Crippen molar-refractivity contribution in [1.29, 1.82) is 0 Å². The van der Waals surface area contributed by atoms with Crippen molar-refractivity contribution in [2.75, 3.05) is 9.80 Å². The maximum absolute atomic E-state index is 11.0. The average Bonchev–Trinajstić information content (AvgIpc) is 3.84. The van der Waals surface area contributed by atoms with Crippen LogP contribution in [0.3, 0.4) is 0 Å². The van der Waals surface area contributed by atoms with Crippen LogP contribution in [-0.2, 0) is 6.42 Å². The molecule has 0 amide bonds. The predicted octanol–water partition coefficient (Wildman–Crippen LogP) is 18.3. The number of aromatic hydroxyl groups is 2. The Labute approximate surface area is 425 Å². The summed E-state index contributed by atoms with van der Waals surface area (Å²) in [5.41, 5.74) is 18.2. The van der Waals surface area contributed by atoms with Crippen molar-refractivity contribution >= 4 is 55.8 Å². The van der Waals surface area contributed by atoms with E-state index in [0.29, 0.717) is 0 Å². The molecule has 0 radical (unpaired) electrons. The number of phenolic OH excluding ortho intramolecular Hbond substituents is 2. The summed E-state index contributed by atoms with van der Waals surface area (Å²) < 4.78 is 6.83. The molecule has 0 fully saturated rings. The highest BCUT2D eigenvalue weighted by Crippen LogP contribution is 2.51. The second-order valence-corrected chi connectivity index (χ2v) is 19.3. The fourth-order valence-electron chi connectivity index (χ4n) is 11.6. The van der Waals surface area contributed by atoms with Gasteiger partial charge in [-0.25, -0.2) is 0 Å². The second-order valence-electron chi connectivity index (χ2n) is 19.3. The molecule has 1 unspecified atom stereocenters. The molecule has 5 heteroatoms. The molecule has 0 spiro atoms. The largest absolute Gasteiger partial charge is 0.507 e. The summed E-state index contributed by atoms with van der Waals surface area (Å²) in [7, 11) is 0. The molecule has 0 aliphatic heterocycles. The van der Waals surface area contributed by atoms with Gasteiger partial charge in [-0.3, -0.25) is 0 Å². The van der Waals surface area contributed by atoms with Crippen LogP contribution in [0, 0.1) is 0 Å². The first-order valence-corrected chi connectivity index (χ1v) is 25.4. The van der Waals surface area contributed by atoms with E-state index in [1.54, 1.807) is 12.1 Å². The molecule has 10 aromatic rings. The number of para-hydroxylation sites is 4. The van der Waals surface area contributed by atoms with E-state index < -0.39 is 0 Å². The topological polar surface area (TPSA) is 60.1 Å². The first-order chi connectivity index (χ1) is 36.0. The van der Waals surface area contributed by atoms with Crippen LogP contribution in [0.15, 0.2) is 252 Å². The summed E-state index contributed by atoms with van der Waals surface area (Å²) in [6.07, 6.45) is 16.3. The maximum atomic E-state index is 11.0. The highest BCUT2D eigenvalue weighted by molar-refractivity contribution is 6.10. The van der Waals surface area contributed by atoms with E-state index in [1.165, 1.54) is 33.0 Å². The van der Waals surface area contributed by atoms with Crippen molar-refractivity contribution in [3.63, 3.8) is 0 Å². The van der Waals surface area contributed by atoms with E-state index in [0.717, 1.165) is 116 Å². The number of benzene rings is 9. The lowest BCUT2D eigenvalue weighted by Gasteiger charge is -2.34. The molecule has 1 atom stereocenters. The number of furan rings is 1. The molecular weight excluding hydrogens is 893 g/mol. The van der Waals surface area contributed by atoms with Crippen LogP contribution in [0.1, 0.15) is 48.5 Å². The molecule has 0 saturated heterocycles. The SMILES string of the molecule is Oc1ccccc1-c1cccc(N(C2=CCC3C(=C2)CCc2oc4ccc5cc(N(c6cccc(-c7ccccc7O)c6)c6ccccc6C6=CCCC=C6)ccc5c4c23)c2ccccc2-c2ccccc2)c1. The van der Waals surface area contributed by atoms with Gasteiger partial charge in [-0.2, -0.15) is 0 Å². The molecule has 9 aromatic carbocycles. The number of fused-ring (bicyclic) bond motifs is 7. The summed E-state index contributed by atoms with van der Waals surface area (Å²) in [4.78, 5) is 4.77. The summed E-state index contributed by atoms with van der Waals surface area (Å²) in [5, 5.41) is 25.4. The maximum Gasteiger partial charge on any atom is 0.135 e. The van der Waals surface area contributed by atoms with Gasteiger partial charge in [0.2, 0.25) is 0 Å². The van der Waals surface area contributed by atoms with E-state index in [-0.39, 0.29) is 17.4 Å². The highest BCUT2D eigenvalue weighted by atomic mass is 16.3. The molecule has 1 heterocycles. The Kier molecular flexibility index (Phi) is 11.2. The lowest BCUT2D eigenvalue weighted by molar-refractivity contribution is 0.477. The average molecular weight is 945 g/mol. The van der Waals surface area contributed by atoms with Crippen molar-refractivity contribution in [3.05, 3.63) is 265 Å². The van der Waals surface area contributed by atoms with Crippen LogP contribution in [0.2, 0.25) is 0 Å². The Morgan fingerprint density at radius 1 is 0.479 bits per heavy atom. The van der Waals surface area contributed by atoms with E-state index in [2.05, 4.69) is 198 Å². The Hall–Kier alpha value is -9.06.